The lowest BCUT2D eigenvalue weighted by Gasteiger charge is -2.08. The van der Waals surface area contributed by atoms with Crippen molar-refractivity contribution in [2.75, 3.05) is 13.2 Å². The monoisotopic (exact) mass is 416 g/mol. The summed E-state index contributed by atoms with van der Waals surface area (Å²) in [7, 11) is 0. The zero-order valence-electron chi connectivity index (χ0n) is 16.1. The molecule has 1 aromatic carbocycles. The number of amides is 1. The first-order valence-electron chi connectivity index (χ1n) is 9.10. The predicted molar refractivity (Wildman–Crippen MR) is 113 cm³/mol. The van der Waals surface area contributed by atoms with E-state index in [0.717, 1.165) is 24.4 Å². The van der Waals surface area contributed by atoms with Gasteiger partial charge in [-0.1, -0.05) is 12.1 Å². The second-order valence-corrected chi connectivity index (χ2v) is 6.93. The van der Waals surface area contributed by atoms with Crippen LogP contribution in [0.5, 0.6) is 0 Å². The van der Waals surface area contributed by atoms with E-state index in [4.69, 9.17) is 4.74 Å². The predicted octanol–water partition coefficient (Wildman–Crippen LogP) is 3.35. The fourth-order valence-corrected chi connectivity index (χ4v) is 2.93. The molecule has 0 radical (unpaired) electrons. The highest BCUT2D eigenvalue weighted by molar-refractivity contribution is 7.79. The minimum absolute atomic E-state index is 0. The van der Waals surface area contributed by atoms with E-state index in [9.17, 15) is 13.6 Å². The lowest BCUT2D eigenvalue weighted by atomic mass is 10.2. The summed E-state index contributed by atoms with van der Waals surface area (Å²) in [6.45, 7) is 8.33. The molecule has 1 N–H and O–H groups in total. The molecule has 1 atom stereocenters. The quantitative estimate of drug-likeness (QED) is 0.520. The van der Waals surface area contributed by atoms with Crippen molar-refractivity contribution in [3.8, 4) is 0 Å². The van der Waals surface area contributed by atoms with Crippen molar-refractivity contribution in [1.29, 1.82) is 0 Å². The summed E-state index contributed by atoms with van der Waals surface area (Å²) in [6.07, 6.45) is 7.70. The molecule has 0 bridgehead atoms. The van der Waals surface area contributed by atoms with Gasteiger partial charge >= 0.3 is 0 Å². The summed E-state index contributed by atoms with van der Waals surface area (Å²) in [5, 5.41) is 2.79. The number of pyridine rings is 1. The Labute approximate surface area is 174 Å². The Morgan fingerprint density at radius 1 is 1.21 bits per heavy atom. The summed E-state index contributed by atoms with van der Waals surface area (Å²) in [5.41, 5.74) is 2.13. The second kappa shape index (κ2) is 11.9. The number of benzene rings is 1. The third-order valence-electron chi connectivity index (χ3n) is 4.05. The molecule has 1 amide bonds. The summed E-state index contributed by atoms with van der Waals surface area (Å²) in [5.74, 6) is -0.202. The lowest BCUT2D eigenvalue weighted by molar-refractivity contribution is 0.0950. The second-order valence-electron chi connectivity index (χ2n) is 5.99. The van der Waals surface area contributed by atoms with Gasteiger partial charge in [0.05, 0.1) is 5.56 Å². The van der Waals surface area contributed by atoms with E-state index in [2.05, 4.69) is 23.5 Å². The molecule has 1 fully saturated rings. The van der Waals surface area contributed by atoms with Gasteiger partial charge in [-0.3, -0.25) is 9.00 Å². The standard InChI is InChI=1S/C15H13N3O3S.C4H8O.C2H4.H2/c19-15(12-3-6-14-16-7-8-18(14)10-12)17-9-11-1-4-13(5-2-11)22(20)21;1-2-4-5-3-1;1-2;/h1-8,10H,9H2,(H,17,19)(H,20,21);1-4H2;1-2H2;1H/p-1. The van der Waals surface area contributed by atoms with E-state index >= 15 is 0 Å². The first-order chi connectivity index (χ1) is 14.1. The normalized spacial score (nSPS) is 13.6. The largest absolute Gasteiger partial charge is 0.768 e. The van der Waals surface area contributed by atoms with Crippen LogP contribution in [0.1, 0.15) is 30.2 Å². The SMILES string of the molecule is C1CCOC1.C=C.O=C(NCc1ccc(S(=O)[O-])cc1)c1ccc2nccn2c1.[HH]. The number of aromatic nitrogens is 2. The van der Waals surface area contributed by atoms with Crippen LogP contribution in [-0.4, -0.2) is 37.3 Å². The molecule has 4 rings (SSSR count). The number of carbonyl (C=O) groups excluding carboxylic acids is 1. The van der Waals surface area contributed by atoms with Crippen LogP contribution in [0.25, 0.3) is 5.65 Å². The maximum atomic E-state index is 12.1. The van der Waals surface area contributed by atoms with Crippen molar-refractivity contribution in [3.63, 3.8) is 0 Å². The Bertz CT molecular complexity index is 935. The Hall–Kier alpha value is -2.81. The van der Waals surface area contributed by atoms with Crippen molar-refractivity contribution < 1.29 is 19.7 Å². The maximum absolute atomic E-state index is 12.1. The fourth-order valence-electron chi connectivity index (χ4n) is 2.57. The van der Waals surface area contributed by atoms with Gasteiger partial charge in [-0.2, -0.15) is 0 Å². The average Bonchev–Trinajstić information content (AvgIpc) is 3.48. The van der Waals surface area contributed by atoms with E-state index in [-0.39, 0.29) is 12.2 Å². The molecule has 1 aliphatic heterocycles. The molecule has 0 aliphatic carbocycles. The Morgan fingerprint density at radius 3 is 2.48 bits per heavy atom. The molecular weight excluding hydrogens is 390 g/mol. The number of fused-ring (bicyclic) bond motifs is 1. The fraction of sp³-hybridized carbons (Fsp3) is 0.238. The zero-order chi connectivity index (χ0) is 21.1. The summed E-state index contributed by atoms with van der Waals surface area (Å²) >= 11 is -2.24. The topological polar surface area (TPSA) is 95.8 Å². The first kappa shape index (κ1) is 22.5. The Balaban J connectivity index is 0.000000485. The molecule has 156 valence electrons. The lowest BCUT2D eigenvalue weighted by Crippen LogP contribution is -2.23. The Morgan fingerprint density at radius 2 is 1.90 bits per heavy atom. The van der Waals surface area contributed by atoms with Crippen LogP contribution in [0.2, 0.25) is 0 Å². The van der Waals surface area contributed by atoms with E-state index in [1.54, 1.807) is 47.3 Å². The molecule has 7 nitrogen and oxygen atoms in total. The number of nitrogens with one attached hydrogen (secondary N) is 1. The molecule has 8 heteroatoms. The zero-order valence-corrected chi connectivity index (χ0v) is 16.9. The molecule has 0 saturated carbocycles. The van der Waals surface area contributed by atoms with E-state index in [0.29, 0.717) is 12.1 Å². The van der Waals surface area contributed by atoms with E-state index in [1.807, 2.05) is 0 Å². The molecule has 1 saturated heterocycles. The van der Waals surface area contributed by atoms with Gasteiger partial charge in [-0.15, -0.1) is 13.2 Å². The molecule has 3 heterocycles. The number of hydrogen-bond donors (Lipinski definition) is 1. The highest BCUT2D eigenvalue weighted by Crippen LogP contribution is 2.08. The molecule has 2 aromatic heterocycles. The van der Waals surface area contributed by atoms with Gasteiger partial charge < -0.3 is 19.0 Å². The van der Waals surface area contributed by atoms with Crippen LogP contribution >= 0.6 is 0 Å². The number of nitrogens with zero attached hydrogens (tertiary/aromatic N) is 2. The summed E-state index contributed by atoms with van der Waals surface area (Å²) in [6, 6.07) is 9.83. The first-order valence-corrected chi connectivity index (χ1v) is 10.2. The molecule has 29 heavy (non-hydrogen) atoms. The average molecular weight is 417 g/mol. The van der Waals surface area contributed by atoms with Gasteiger partial charge in [0.15, 0.2) is 0 Å². The number of hydrogen-bond acceptors (Lipinski definition) is 5. The van der Waals surface area contributed by atoms with E-state index < -0.39 is 11.1 Å². The number of imidazole rings is 1. The third-order valence-corrected chi connectivity index (χ3v) is 4.70. The van der Waals surface area contributed by atoms with Gasteiger partial charge in [-0.05, 0) is 53.8 Å². The van der Waals surface area contributed by atoms with Crippen molar-refractivity contribution in [1.82, 2.24) is 14.7 Å². The molecular formula is C21H26N3O4S-. The van der Waals surface area contributed by atoms with Crippen LogP contribution in [0, 0.1) is 0 Å². The number of ether oxygens (including phenoxy) is 1. The highest BCUT2D eigenvalue weighted by Gasteiger charge is 2.06. The number of rotatable bonds is 4. The van der Waals surface area contributed by atoms with Gasteiger partial charge in [-0.25, -0.2) is 4.98 Å². The molecule has 0 spiro atoms. The smallest absolute Gasteiger partial charge is 0.253 e. The summed E-state index contributed by atoms with van der Waals surface area (Å²) < 4.78 is 28.3. The maximum Gasteiger partial charge on any atom is 0.253 e. The van der Waals surface area contributed by atoms with Crippen LogP contribution in [0.15, 0.2) is 73.0 Å². The molecule has 1 unspecified atom stereocenters. The minimum Gasteiger partial charge on any atom is -0.768 e. The van der Waals surface area contributed by atoms with Crippen LogP contribution < -0.4 is 5.32 Å². The van der Waals surface area contributed by atoms with Crippen LogP contribution in [-0.2, 0) is 22.4 Å². The minimum atomic E-state index is -2.24. The molecule has 3 aromatic rings. The van der Waals surface area contributed by atoms with Crippen LogP contribution in [0.4, 0.5) is 0 Å². The van der Waals surface area contributed by atoms with Gasteiger partial charge in [0.1, 0.15) is 5.65 Å². The Kier molecular flexibility index (Phi) is 9.23. The molecule has 1 aliphatic rings. The van der Waals surface area contributed by atoms with Crippen molar-refractivity contribution in [2.45, 2.75) is 24.3 Å². The van der Waals surface area contributed by atoms with Crippen LogP contribution in [0.3, 0.4) is 0 Å². The van der Waals surface area contributed by atoms with Crippen molar-refractivity contribution >= 4 is 22.6 Å². The third kappa shape index (κ3) is 6.94. The van der Waals surface area contributed by atoms with Crippen molar-refractivity contribution in [2.24, 2.45) is 0 Å². The van der Waals surface area contributed by atoms with Gasteiger partial charge in [0.2, 0.25) is 0 Å². The van der Waals surface area contributed by atoms with Gasteiger partial charge in [0.25, 0.3) is 5.91 Å². The summed E-state index contributed by atoms with van der Waals surface area (Å²) in [4.78, 5) is 16.5. The number of carbonyl (C=O) groups is 1. The van der Waals surface area contributed by atoms with Gasteiger partial charge in [0, 0.05) is 44.7 Å². The highest BCUT2D eigenvalue weighted by atomic mass is 32.2. The van der Waals surface area contributed by atoms with E-state index in [1.165, 1.54) is 25.0 Å². The van der Waals surface area contributed by atoms with Crippen molar-refractivity contribution in [3.05, 3.63) is 79.3 Å².